The number of hydrogen-bond acceptors (Lipinski definition) is 3. The number of nitrogens with zero attached hydrogens (tertiary/aromatic N) is 3. The van der Waals surface area contributed by atoms with E-state index in [-0.39, 0.29) is 6.04 Å². The second-order valence-electron chi connectivity index (χ2n) is 6.68. The molecule has 5 heteroatoms. The van der Waals surface area contributed by atoms with Gasteiger partial charge < -0.3 is 15.1 Å². The summed E-state index contributed by atoms with van der Waals surface area (Å²) in [6.07, 6.45) is 1.83. The predicted octanol–water partition coefficient (Wildman–Crippen LogP) is 4.02. The molecule has 0 unspecified atom stereocenters. The van der Waals surface area contributed by atoms with Crippen molar-refractivity contribution in [1.82, 2.24) is 14.8 Å². The number of hydrogen-bond donors (Lipinski definition) is 1. The zero-order chi connectivity index (χ0) is 18.4. The van der Waals surface area contributed by atoms with Crippen LogP contribution in [0.25, 0.3) is 0 Å². The van der Waals surface area contributed by atoms with Crippen molar-refractivity contribution in [3.63, 3.8) is 0 Å². The number of anilines is 1. The molecule has 1 atom stereocenters. The molecule has 0 radical (unpaired) electrons. The van der Waals surface area contributed by atoms with E-state index >= 15 is 0 Å². The molecule has 2 aromatic rings. The first-order valence-electron chi connectivity index (χ1n) is 8.59. The molecule has 1 N–H and O–H groups in total. The van der Waals surface area contributed by atoms with Gasteiger partial charge in [-0.05, 0) is 76.4 Å². The standard InChI is InChI=1S/C20H28N4S/c1-15-9-10-16(2)19(14-15)22-20(25)24(13-12-23(4)5)17(3)18-8-6-7-11-21-18/h6-11,14,17H,12-13H2,1-5H3,(H,22,25)/t17-/m1/s1. The van der Waals surface area contributed by atoms with Crippen molar-refractivity contribution in [2.24, 2.45) is 0 Å². The third-order valence-corrected chi connectivity index (χ3v) is 4.60. The molecule has 2 rings (SSSR count). The van der Waals surface area contributed by atoms with Gasteiger partial charge in [0.25, 0.3) is 0 Å². The Labute approximate surface area is 156 Å². The van der Waals surface area contributed by atoms with Crippen LogP contribution in [0.2, 0.25) is 0 Å². The van der Waals surface area contributed by atoms with Crippen molar-refractivity contribution >= 4 is 23.0 Å². The van der Waals surface area contributed by atoms with Gasteiger partial charge in [0.2, 0.25) is 0 Å². The first-order valence-corrected chi connectivity index (χ1v) is 9.00. The summed E-state index contributed by atoms with van der Waals surface area (Å²) < 4.78 is 0. The topological polar surface area (TPSA) is 31.4 Å². The van der Waals surface area contributed by atoms with Crippen LogP contribution in [0.15, 0.2) is 42.6 Å². The summed E-state index contributed by atoms with van der Waals surface area (Å²) in [6.45, 7) is 8.09. The van der Waals surface area contributed by atoms with E-state index in [1.807, 2.05) is 24.4 Å². The van der Waals surface area contributed by atoms with Crippen molar-refractivity contribution in [2.75, 3.05) is 32.5 Å². The number of benzene rings is 1. The molecule has 0 amide bonds. The number of pyridine rings is 1. The van der Waals surface area contributed by atoms with Crippen molar-refractivity contribution in [1.29, 1.82) is 0 Å². The molecule has 0 aliphatic carbocycles. The molecule has 0 aliphatic rings. The van der Waals surface area contributed by atoms with Gasteiger partial charge in [-0.1, -0.05) is 18.2 Å². The van der Waals surface area contributed by atoms with Gasteiger partial charge in [-0.2, -0.15) is 0 Å². The fourth-order valence-electron chi connectivity index (χ4n) is 2.62. The summed E-state index contributed by atoms with van der Waals surface area (Å²) in [5.74, 6) is 0. The van der Waals surface area contributed by atoms with Crippen LogP contribution < -0.4 is 5.32 Å². The van der Waals surface area contributed by atoms with Gasteiger partial charge in [-0.3, -0.25) is 4.98 Å². The molecular weight excluding hydrogens is 328 g/mol. The minimum atomic E-state index is 0.103. The number of nitrogens with one attached hydrogen (secondary N) is 1. The van der Waals surface area contributed by atoms with Crippen LogP contribution in [-0.2, 0) is 0 Å². The maximum atomic E-state index is 5.76. The molecule has 0 aliphatic heterocycles. The van der Waals surface area contributed by atoms with Crippen LogP contribution in [0.4, 0.5) is 5.69 Å². The number of thiocarbonyl (C=S) groups is 1. The maximum Gasteiger partial charge on any atom is 0.174 e. The van der Waals surface area contributed by atoms with Crippen LogP contribution in [0.1, 0.15) is 29.8 Å². The molecule has 25 heavy (non-hydrogen) atoms. The van der Waals surface area contributed by atoms with Crippen LogP contribution in [0.5, 0.6) is 0 Å². The molecule has 134 valence electrons. The third kappa shape index (κ3) is 5.51. The fraction of sp³-hybridized carbons (Fsp3) is 0.400. The highest BCUT2D eigenvalue weighted by Crippen LogP contribution is 2.22. The molecule has 1 aromatic heterocycles. The van der Waals surface area contributed by atoms with E-state index in [0.29, 0.717) is 0 Å². The second kappa shape index (κ2) is 8.92. The Morgan fingerprint density at radius 1 is 1.16 bits per heavy atom. The van der Waals surface area contributed by atoms with Gasteiger partial charge in [0.05, 0.1) is 11.7 Å². The van der Waals surface area contributed by atoms with E-state index in [1.54, 1.807) is 0 Å². The van der Waals surface area contributed by atoms with E-state index in [4.69, 9.17) is 12.2 Å². The van der Waals surface area contributed by atoms with Crippen LogP contribution in [0, 0.1) is 13.8 Å². The lowest BCUT2D eigenvalue weighted by atomic mass is 10.1. The second-order valence-corrected chi connectivity index (χ2v) is 7.06. The van der Waals surface area contributed by atoms with E-state index in [9.17, 15) is 0 Å². The largest absolute Gasteiger partial charge is 0.339 e. The van der Waals surface area contributed by atoms with E-state index in [2.05, 4.69) is 73.2 Å². The Kier molecular flexibility index (Phi) is 6.91. The van der Waals surface area contributed by atoms with Crippen molar-refractivity contribution in [2.45, 2.75) is 26.8 Å². The van der Waals surface area contributed by atoms with Crippen LogP contribution in [0.3, 0.4) is 0 Å². The van der Waals surface area contributed by atoms with E-state index < -0.39 is 0 Å². The molecule has 4 nitrogen and oxygen atoms in total. The minimum absolute atomic E-state index is 0.103. The molecule has 0 saturated heterocycles. The summed E-state index contributed by atoms with van der Waals surface area (Å²) in [6, 6.07) is 12.5. The monoisotopic (exact) mass is 356 g/mol. The Balaban J connectivity index is 2.21. The highest BCUT2D eigenvalue weighted by molar-refractivity contribution is 7.80. The highest BCUT2D eigenvalue weighted by Gasteiger charge is 2.20. The Bertz CT molecular complexity index is 700. The first kappa shape index (κ1) is 19.3. The molecule has 0 fully saturated rings. The number of aryl methyl sites for hydroxylation is 2. The number of aromatic nitrogens is 1. The molecule has 1 aromatic carbocycles. The van der Waals surface area contributed by atoms with E-state index in [1.165, 1.54) is 11.1 Å². The van der Waals surface area contributed by atoms with Gasteiger partial charge in [-0.25, -0.2) is 0 Å². The van der Waals surface area contributed by atoms with Crippen LogP contribution in [-0.4, -0.2) is 47.1 Å². The summed E-state index contributed by atoms with van der Waals surface area (Å²) in [5.41, 5.74) is 4.49. The number of likely N-dealkylation sites (N-methyl/N-ethyl adjacent to an activating group) is 1. The third-order valence-electron chi connectivity index (χ3n) is 4.27. The Morgan fingerprint density at radius 2 is 1.92 bits per heavy atom. The molecular formula is C20H28N4S. The van der Waals surface area contributed by atoms with Gasteiger partial charge >= 0.3 is 0 Å². The normalized spacial score (nSPS) is 12.1. The number of rotatable bonds is 6. The first-order chi connectivity index (χ1) is 11.9. The van der Waals surface area contributed by atoms with Crippen molar-refractivity contribution in [3.05, 3.63) is 59.4 Å². The van der Waals surface area contributed by atoms with Gasteiger partial charge in [0.1, 0.15) is 0 Å². The summed E-state index contributed by atoms with van der Waals surface area (Å²) in [4.78, 5) is 8.88. The predicted molar refractivity (Wildman–Crippen MR) is 110 cm³/mol. The van der Waals surface area contributed by atoms with Crippen molar-refractivity contribution in [3.8, 4) is 0 Å². The molecule has 0 saturated carbocycles. The average Bonchev–Trinajstić information content (AvgIpc) is 2.58. The summed E-state index contributed by atoms with van der Waals surface area (Å²) in [7, 11) is 4.15. The lowest BCUT2D eigenvalue weighted by molar-refractivity contribution is 0.286. The van der Waals surface area contributed by atoms with Gasteiger partial charge in [0, 0.05) is 25.0 Å². The Morgan fingerprint density at radius 3 is 2.56 bits per heavy atom. The van der Waals surface area contributed by atoms with Crippen molar-refractivity contribution < 1.29 is 0 Å². The molecule has 0 bridgehead atoms. The zero-order valence-electron chi connectivity index (χ0n) is 15.8. The SMILES string of the molecule is Cc1ccc(C)c(NC(=S)N(CCN(C)C)[C@H](C)c2ccccn2)c1. The summed E-state index contributed by atoms with van der Waals surface area (Å²) >= 11 is 5.76. The molecule has 0 spiro atoms. The van der Waals surface area contributed by atoms with Gasteiger partial charge in [-0.15, -0.1) is 0 Å². The average molecular weight is 357 g/mol. The van der Waals surface area contributed by atoms with Crippen LogP contribution >= 0.6 is 12.2 Å². The Hall–Kier alpha value is -1.98. The fourth-order valence-corrected chi connectivity index (χ4v) is 2.98. The quantitative estimate of drug-likeness (QED) is 0.790. The maximum absolute atomic E-state index is 5.76. The highest BCUT2D eigenvalue weighted by atomic mass is 32.1. The smallest absolute Gasteiger partial charge is 0.174 e. The molecule has 1 heterocycles. The van der Waals surface area contributed by atoms with Gasteiger partial charge in [0.15, 0.2) is 5.11 Å². The summed E-state index contributed by atoms with van der Waals surface area (Å²) in [5, 5.41) is 4.17. The minimum Gasteiger partial charge on any atom is -0.339 e. The van der Waals surface area contributed by atoms with E-state index in [0.717, 1.165) is 29.6 Å². The lowest BCUT2D eigenvalue weighted by Gasteiger charge is -2.32. The zero-order valence-corrected chi connectivity index (χ0v) is 16.6. The lowest BCUT2D eigenvalue weighted by Crippen LogP contribution is -2.41.